The van der Waals surface area contributed by atoms with E-state index in [0.29, 0.717) is 33.9 Å². The average molecular weight is 473 g/mol. The standard InChI is InChI=1S/C23H24N10O2/c1-32(2)22(34)15-5-6-25-20-17(15)28-21(29-20)18-16-8-13(10-26-19(16)31-30-18)12-7-14(11-24-9-12)27-23(35)33(3)4/h5-11,19,30-31H,1-4H3,(H,27,35)(H,25,28,29). The van der Waals surface area contributed by atoms with Crippen molar-refractivity contribution >= 4 is 46.3 Å². The van der Waals surface area contributed by atoms with Crippen LogP contribution in [0.15, 0.2) is 47.4 Å². The molecule has 35 heavy (non-hydrogen) atoms. The maximum Gasteiger partial charge on any atom is 0.321 e. The summed E-state index contributed by atoms with van der Waals surface area (Å²) in [6.45, 7) is 0. The van der Waals surface area contributed by atoms with Gasteiger partial charge < -0.3 is 25.5 Å². The number of allylic oxidation sites excluding steroid dienone is 1. The number of H-pyrrole nitrogens is 1. The van der Waals surface area contributed by atoms with E-state index in [1.807, 2.05) is 12.1 Å². The summed E-state index contributed by atoms with van der Waals surface area (Å²) in [7, 11) is 6.74. The van der Waals surface area contributed by atoms with Crippen LogP contribution in [0.2, 0.25) is 0 Å². The zero-order valence-electron chi connectivity index (χ0n) is 19.6. The van der Waals surface area contributed by atoms with Gasteiger partial charge in [-0.1, -0.05) is 0 Å². The molecule has 0 saturated carbocycles. The third-order valence-electron chi connectivity index (χ3n) is 5.59. The average Bonchev–Trinajstić information content (AvgIpc) is 3.47. The molecule has 12 nitrogen and oxygen atoms in total. The fourth-order valence-corrected chi connectivity index (χ4v) is 3.76. The number of urea groups is 1. The zero-order valence-corrected chi connectivity index (χ0v) is 19.6. The van der Waals surface area contributed by atoms with Crippen molar-refractivity contribution in [2.24, 2.45) is 4.99 Å². The number of hydrogen-bond donors (Lipinski definition) is 4. The molecule has 178 valence electrons. The lowest BCUT2D eigenvalue weighted by Gasteiger charge is -2.15. The number of aromatic nitrogens is 4. The van der Waals surface area contributed by atoms with E-state index in [2.05, 4.69) is 41.1 Å². The van der Waals surface area contributed by atoms with Crippen LogP contribution < -0.4 is 16.2 Å². The highest BCUT2D eigenvalue weighted by Crippen LogP contribution is 2.30. The molecule has 4 N–H and O–H groups in total. The second-order valence-corrected chi connectivity index (χ2v) is 8.51. The molecule has 0 spiro atoms. The SMILES string of the molecule is CN(C)C(=O)Nc1cncc(C2=CC3=C(c4nc5nccc(C(=O)N(C)C)c5[nH]4)NNC3N=C2)c1. The van der Waals surface area contributed by atoms with Gasteiger partial charge in [0.05, 0.1) is 28.7 Å². The Morgan fingerprint density at radius 3 is 2.71 bits per heavy atom. The number of carbonyl (C=O) groups is 2. The molecule has 0 fully saturated rings. The van der Waals surface area contributed by atoms with Gasteiger partial charge in [-0.25, -0.2) is 20.2 Å². The summed E-state index contributed by atoms with van der Waals surface area (Å²) in [6.07, 6.45) is 8.32. The molecule has 5 rings (SSSR count). The topological polar surface area (TPSA) is 144 Å². The summed E-state index contributed by atoms with van der Waals surface area (Å²) >= 11 is 0. The molecule has 3 aromatic rings. The number of hydrogen-bond acceptors (Lipinski definition) is 8. The molecule has 0 saturated heterocycles. The number of carbonyl (C=O) groups excluding carboxylic acids is 2. The van der Waals surface area contributed by atoms with Gasteiger partial charge >= 0.3 is 6.03 Å². The number of pyridine rings is 2. The maximum absolute atomic E-state index is 12.6. The van der Waals surface area contributed by atoms with Gasteiger partial charge in [0.1, 0.15) is 6.17 Å². The predicted octanol–water partition coefficient (Wildman–Crippen LogP) is 1.46. The fourth-order valence-electron chi connectivity index (χ4n) is 3.76. The molecule has 1 unspecified atom stereocenters. The molecule has 0 bridgehead atoms. The first kappa shape index (κ1) is 22.2. The minimum atomic E-state index is -0.303. The van der Waals surface area contributed by atoms with E-state index in [1.54, 1.807) is 59.1 Å². The number of anilines is 1. The van der Waals surface area contributed by atoms with Gasteiger partial charge in [0, 0.05) is 63.5 Å². The smallest absolute Gasteiger partial charge is 0.321 e. The number of fused-ring (bicyclic) bond motifs is 2. The third kappa shape index (κ3) is 4.10. The van der Waals surface area contributed by atoms with Crippen LogP contribution >= 0.6 is 0 Å². The Labute approximate surface area is 200 Å². The number of dihydropyridines is 1. The number of amides is 3. The van der Waals surface area contributed by atoms with E-state index < -0.39 is 0 Å². The summed E-state index contributed by atoms with van der Waals surface area (Å²) in [5.41, 5.74) is 11.6. The van der Waals surface area contributed by atoms with E-state index >= 15 is 0 Å². The zero-order chi connectivity index (χ0) is 24.7. The summed E-state index contributed by atoms with van der Waals surface area (Å²) < 4.78 is 0. The Morgan fingerprint density at radius 2 is 1.94 bits per heavy atom. The first-order valence-electron chi connectivity index (χ1n) is 10.8. The Balaban J connectivity index is 1.52. The number of nitrogens with one attached hydrogen (secondary N) is 4. The number of aromatic amines is 1. The van der Waals surface area contributed by atoms with Gasteiger partial charge in [0.15, 0.2) is 11.5 Å². The maximum atomic E-state index is 12.6. The second-order valence-electron chi connectivity index (χ2n) is 8.51. The molecule has 0 aliphatic carbocycles. The highest BCUT2D eigenvalue weighted by Gasteiger charge is 2.29. The van der Waals surface area contributed by atoms with E-state index in [4.69, 9.17) is 0 Å². The summed E-state index contributed by atoms with van der Waals surface area (Å²) in [5, 5.41) is 2.80. The molecule has 5 heterocycles. The number of nitrogens with zero attached hydrogens (tertiary/aromatic N) is 6. The van der Waals surface area contributed by atoms with Crippen LogP contribution in [-0.2, 0) is 0 Å². The van der Waals surface area contributed by atoms with E-state index in [1.165, 1.54) is 9.80 Å². The molecular weight excluding hydrogens is 448 g/mol. The molecular formula is C23H24N10O2. The molecule has 0 aromatic carbocycles. The van der Waals surface area contributed by atoms with Crippen molar-refractivity contribution in [3.05, 3.63) is 59.3 Å². The summed E-state index contributed by atoms with van der Waals surface area (Å²) in [4.78, 5) is 48.6. The predicted molar refractivity (Wildman–Crippen MR) is 132 cm³/mol. The number of aliphatic imine (C=N–C) groups is 1. The minimum Gasteiger partial charge on any atom is -0.345 e. The first-order valence-corrected chi connectivity index (χ1v) is 10.8. The second kappa shape index (κ2) is 8.65. The Kier molecular flexibility index (Phi) is 5.49. The van der Waals surface area contributed by atoms with Gasteiger partial charge in [-0.15, -0.1) is 0 Å². The Bertz CT molecular complexity index is 1430. The lowest BCUT2D eigenvalue weighted by atomic mass is 10.0. The normalized spacial score (nSPS) is 16.6. The minimum absolute atomic E-state index is 0.140. The molecule has 3 aromatic heterocycles. The summed E-state index contributed by atoms with van der Waals surface area (Å²) in [6, 6.07) is 3.27. The van der Waals surface area contributed by atoms with Crippen molar-refractivity contribution in [3.63, 3.8) is 0 Å². The van der Waals surface area contributed by atoms with E-state index in [0.717, 1.165) is 16.7 Å². The van der Waals surface area contributed by atoms with Crippen molar-refractivity contribution in [3.8, 4) is 0 Å². The lowest BCUT2D eigenvalue weighted by Crippen LogP contribution is -2.32. The number of imidazole rings is 1. The van der Waals surface area contributed by atoms with Crippen LogP contribution in [0.25, 0.3) is 22.4 Å². The lowest BCUT2D eigenvalue weighted by molar-refractivity contribution is 0.0829. The van der Waals surface area contributed by atoms with Crippen LogP contribution in [0, 0.1) is 0 Å². The largest absolute Gasteiger partial charge is 0.345 e. The van der Waals surface area contributed by atoms with E-state index in [9.17, 15) is 9.59 Å². The highest BCUT2D eigenvalue weighted by molar-refractivity contribution is 6.12. The van der Waals surface area contributed by atoms with Crippen LogP contribution in [0.4, 0.5) is 10.5 Å². The molecule has 2 aliphatic rings. The monoisotopic (exact) mass is 472 g/mol. The van der Waals surface area contributed by atoms with E-state index in [-0.39, 0.29) is 18.1 Å². The van der Waals surface area contributed by atoms with Gasteiger partial charge in [0.25, 0.3) is 5.91 Å². The van der Waals surface area contributed by atoms with Crippen LogP contribution in [0.3, 0.4) is 0 Å². The van der Waals surface area contributed by atoms with Crippen LogP contribution in [-0.4, -0.2) is 82.2 Å². The van der Waals surface area contributed by atoms with Gasteiger partial charge in [-0.2, -0.15) is 0 Å². The molecule has 3 amide bonds. The van der Waals surface area contributed by atoms with Crippen molar-refractivity contribution in [1.29, 1.82) is 0 Å². The van der Waals surface area contributed by atoms with Crippen molar-refractivity contribution in [2.45, 2.75) is 6.17 Å². The fraction of sp³-hybridized carbons (Fsp3) is 0.217. The Hall–Kier alpha value is -4.58. The summed E-state index contributed by atoms with van der Waals surface area (Å²) in [5.74, 6) is 0.396. The quantitative estimate of drug-likeness (QED) is 0.450. The molecule has 2 aliphatic heterocycles. The van der Waals surface area contributed by atoms with Crippen molar-refractivity contribution in [1.82, 2.24) is 40.6 Å². The van der Waals surface area contributed by atoms with Crippen molar-refractivity contribution in [2.75, 3.05) is 33.5 Å². The number of hydrazine groups is 1. The van der Waals surface area contributed by atoms with Crippen LogP contribution in [0.5, 0.6) is 0 Å². The van der Waals surface area contributed by atoms with Gasteiger partial charge in [0.2, 0.25) is 0 Å². The number of rotatable bonds is 4. The Morgan fingerprint density at radius 1 is 1.11 bits per heavy atom. The first-order chi connectivity index (χ1) is 16.8. The molecule has 0 radical (unpaired) electrons. The highest BCUT2D eigenvalue weighted by atomic mass is 16.2. The molecule has 12 heteroatoms. The van der Waals surface area contributed by atoms with Gasteiger partial charge in [-0.05, 0) is 18.2 Å². The third-order valence-corrected chi connectivity index (χ3v) is 5.59. The molecule has 1 atom stereocenters. The van der Waals surface area contributed by atoms with Gasteiger partial charge in [-0.3, -0.25) is 14.8 Å². The van der Waals surface area contributed by atoms with Crippen LogP contribution in [0.1, 0.15) is 21.7 Å². The van der Waals surface area contributed by atoms with Crippen molar-refractivity contribution < 1.29 is 9.59 Å².